The number of nitrogens with zero attached hydrogens (tertiary/aromatic N) is 1. The Morgan fingerprint density at radius 2 is 2.11 bits per heavy atom. The van der Waals surface area contributed by atoms with Crippen molar-refractivity contribution < 1.29 is 8.81 Å². The molecule has 0 saturated heterocycles. The van der Waals surface area contributed by atoms with Gasteiger partial charge in [0.05, 0.1) is 18.5 Å². The average Bonchev–Trinajstić information content (AvgIpc) is 2.85. The highest BCUT2D eigenvalue weighted by Crippen LogP contribution is 2.21. The van der Waals surface area contributed by atoms with Crippen molar-refractivity contribution in [1.29, 1.82) is 0 Å². The monoisotopic (exact) mass is 248 g/mol. The highest BCUT2D eigenvalue weighted by atomic mass is 19.1. The standard InChI is InChI=1S/C14H17FN2O/c1-2-17(14-6-4-3-5-13(14)15)9-12-7-11(8-16)10-18-12/h3-7,10H,2,8-9,16H2,1H3. The van der Waals surface area contributed by atoms with Gasteiger partial charge in [-0.3, -0.25) is 0 Å². The quantitative estimate of drug-likeness (QED) is 0.884. The second kappa shape index (κ2) is 5.69. The molecule has 4 heteroatoms. The van der Waals surface area contributed by atoms with Crippen LogP contribution in [0.4, 0.5) is 10.1 Å². The molecule has 0 fully saturated rings. The number of anilines is 1. The maximum Gasteiger partial charge on any atom is 0.146 e. The number of halogens is 1. The van der Waals surface area contributed by atoms with E-state index in [4.69, 9.17) is 10.2 Å². The van der Waals surface area contributed by atoms with Crippen LogP contribution in [0.1, 0.15) is 18.2 Å². The summed E-state index contributed by atoms with van der Waals surface area (Å²) in [6.45, 7) is 3.69. The number of rotatable bonds is 5. The van der Waals surface area contributed by atoms with E-state index in [1.54, 1.807) is 18.4 Å². The normalized spacial score (nSPS) is 10.6. The molecule has 0 unspecified atom stereocenters. The molecule has 2 rings (SSSR count). The molecule has 18 heavy (non-hydrogen) atoms. The van der Waals surface area contributed by atoms with Gasteiger partial charge in [0.15, 0.2) is 0 Å². The van der Waals surface area contributed by atoms with Crippen LogP contribution >= 0.6 is 0 Å². The third-order valence-electron chi connectivity index (χ3n) is 2.87. The molecule has 0 aliphatic rings. The van der Waals surface area contributed by atoms with Crippen LogP contribution in [0.5, 0.6) is 0 Å². The van der Waals surface area contributed by atoms with Gasteiger partial charge in [-0.1, -0.05) is 12.1 Å². The molecule has 1 aromatic heterocycles. The van der Waals surface area contributed by atoms with Crippen molar-refractivity contribution in [3.8, 4) is 0 Å². The summed E-state index contributed by atoms with van der Waals surface area (Å²) < 4.78 is 19.1. The topological polar surface area (TPSA) is 42.4 Å². The van der Waals surface area contributed by atoms with E-state index in [0.29, 0.717) is 25.3 Å². The molecule has 2 N–H and O–H groups in total. The molecule has 1 aromatic carbocycles. The molecule has 2 aromatic rings. The molecule has 96 valence electrons. The smallest absolute Gasteiger partial charge is 0.146 e. The van der Waals surface area contributed by atoms with E-state index in [1.165, 1.54) is 6.07 Å². The van der Waals surface area contributed by atoms with Gasteiger partial charge in [0, 0.05) is 18.7 Å². The largest absolute Gasteiger partial charge is 0.467 e. The molecule has 0 bridgehead atoms. The predicted molar refractivity (Wildman–Crippen MR) is 69.7 cm³/mol. The molecule has 0 aliphatic heterocycles. The lowest BCUT2D eigenvalue weighted by atomic mass is 10.2. The lowest BCUT2D eigenvalue weighted by Gasteiger charge is -2.22. The Kier molecular flexibility index (Phi) is 3.99. The van der Waals surface area contributed by atoms with E-state index in [2.05, 4.69) is 0 Å². The number of benzene rings is 1. The fourth-order valence-electron chi connectivity index (χ4n) is 1.88. The van der Waals surface area contributed by atoms with Crippen LogP contribution in [0.2, 0.25) is 0 Å². The van der Waals surface area contributed by atoms with Crippen LogP contribution in [0.15, 0.2) is 41.0 Å². The molecule has 0 saturated carbocycles. The molecule has 0 radical (unpaired) electrons. The summed E-state index contributed by atoms with van der Waals surface area (Å²) in [6, 6.07) is 8.65. The Morgan fingerprint density at radius 1 is 1.33 bits per heavy atom. The molecule has 0 amide bonds. The Morgan fingerprint density at radius 3 is 2.72 bits per heavy atom. The molecule has 3 nitrogen and oxygen atoms in total. The van der Waals surface area contributed by atoms with Crippen molar-refractivity contribution in [3.63, 3.8) is 0 Å². The highest BCUT2D eigenvalue weighted by Gasteiger charge is 2.11. The van der Waals surface area contributed by atoms with Gasteiger partial charge in [-0.05, 0) is 25.1 Å². The summed E-state index contributed by atoms with van der Waals surface area (Å²) in [5.74, 6) is 0.575. The molecule has 0 aliphatic carbocycles. The maximum atomic E-state index is 13.7. The van der Waals surface area contributed by atoms with Crippen LogP contribution in [-0.2, 0) is 13.1 Å². The minimum Gasteiger partial charge on any atom is -0.467 e. The van der Waals surface area contributed by atoms with Gasteiger partial charge in [-0.25, -0.2) is 4.39 Å². The molecule has 0 spiro atoms. The summed E-state index contributed by atoms with van der Waals surface area (Å²) in [4.78, 5) is 1.93. The summed E-state index contributed by atoms with van der Waals surface area (Å²) >= 11 is 0. The van der Waals surface area contributed by atoms with E-state index >= 15 is 0 Å². The van der Waals surface area contributed by atoms with Crippen molar-refractivity contribution in [2.45, 2.75) is 20.0 Å². The third-order valence-corrected chi connectivity index (χ3v) is 2.87. The number of para-hydroxylation sites is 1. The van der Waals surface area contributed by atoms with E-state index in [1.807, 2.05) is 24.0 Å². The van der Waals surface area contributed by atoms with Gasteiger partial charge in [0.25, 0.3) is 0 Å². The summed E-state index contributed by atoms with van der Waals surface area (Å²) in [7, 11) is 0. The third kappa shape index (κ3) is 2.71. The van der Waals surface area contributed by atoms with Gasteiger partial charge in [0.1, 0.15) is 11.6 Å². The molecule has 1 heterocycles. The predicted octanol–water partition coefficient (Wildman–Crippen LogP) is 2.90. The Labute approximate surface area is 106 Å². The molecule has 0 atom stereocenters. The van der Waals surface area contributed by atoms with E-state index < -0.39 is 0 Å². The van der Waals surface area contributed by atoms with Gasteiger partial charge in [-0.2, -0.15) is 0 Å². The first-order valence-electron chi connectivity index (χ1n) is 6.00. The van der Waals surface area contributed by atoms with Crippen LogP contribution in [0.3, 0.4) is 0 Å². The minimum absolute atomic E-state index is 0.218. The van der Waals surface area contributed by atoms with Crippen molar-refractivity contribution in [1.82, 2.24) is 0 Å². The minimum atomic E-state index is -0.218. The maximum absolute atomic E-state index is 13.7. The van der Waals surface area contributed by atoms with E-state index in [0.717, 1.165) is 11.3 Å². The van der Waals surface area contributed by atoms with Crippen LogP contribution < -0.4 is 10.6 Å². The van der Waals surface area contributed by atoms with Crippen molar-refractivity contribution in [2.75, 3.05) is 11.4 Å². The van der Waals surface area contributed by atoms with Crippen LogP contribution in [0, 0.1) is 5.82 Å². The van der Waals surface area contributed by atoms with E-state index in [-0.39, 0.29) is 5.82 Å². The van der Waals surface area contributed by atoms with Crippen LogP contribution in [0.25, 0.3) is 0 Å². The second-order valence-corrected chi connectivity index (χ2v) is 4.09. The van der Waals surface area contributed by atoms with E-state index in [9.17, 15) is 4.39 Å². The van der Waals surface area contributed by atoms with Crippen molar-refractivity contribution in [2.24, 2.45) is 5.73 Å². The zero-order chi connectivity index (χ0) is 13.0. The number of hydrogen-bond donors (Lipinski definition) is 1. The first-order chi connectivity index (χ1) is 8.74. The summed E-state index contributed by atoms with van der Waals surface area (Å²) in [5.41, 5.74) is 7.07. The molecular formula is C14H17FN2O. The average molecular weight is 248 g/mol. The Bertz CT molecular complexity index is 510. The SMILES string of the molecule is CCN(Cc1cc(CN)co1)c1ccccc1F. The highest BCUT2D eigenvalue weighted by molar-refractivity contribution is 5.47. The lowest BCUT2D eigenvalue weighted by molar-refractivity contribution is 0.499. The van der Waals surface area contributed by atoms with Crippen molar-refractivity contribution in [3.05, 3.63) is 53.7 Å². The van der Waals surface area contributed by atoms with Gasteiger partial charge < -0.3 is 15.1 Å². The number of nitrogens with two attached hydrogens (primary N) is 1. The fraction of sp³-hybridized carbons (Fsp3) is 0.286. The van der Waals surface area contributed by atoms with Gasteiger partial charge >= 0.3 is 0 Å². The summed E-state index contributed by atoms with van der Waals surface area (Å²) in [5, 5.41) is 0. The number of furan rings is 1. The van der Waals surface area contributed by atoms with Crippen LogP contribution in [-0.4, -0.2) is 6.54 Å². The Hall–Kier alpha value is -1.81. The number of hydrogen-bond acceptors (Lipinski definition) is 3. The fourth-order valence-corrected chi connectivity index (χ4v) is 1.88. The van der Waals surface area contributed by atoms with Crippen molar-refractivity contribution >= 4 is 5.69 Å². The first-order valence-corrected chi connectivity index (χ1v) is 6.00. The first kappa shape index (κ1) is 12.6. The zero-order valence-corrected chi connectivity index (χ0v) is 10.4. The molecular weight excluding hydrogens is 231 g/mol. The zero-order valence-electron chi connectivity index (χ0n) is 10.4. The van der Waals surface area contributed by atoms with Gasteiger partial charge in [0.2, 0.25) is 0 Å². The lowest BCUT2D eigenvalue weighted by Crippen LogP contribution is -2.22. The van der Waals surface area contributed by atoms with Gasteiger partial charge in [-0.15, -0.1) is 0 Å². The Balaban J connectivity index is 2.17. The second-order valence-electron chi connectivity index (χ2n) is 4.09. The summed E-state index contributed by atoms with van der Waals surface area (Å²) in [6.07, 6.45) is 1.64.